The first-order valence-corrected chi connectivity index (χ1v) is 10.1. The Morgan fingerprint density at radius 1 is 1.00 bits per heavy atom. The predicted molar refractivity (Wildman–Crippen MR) is 111 cm³/mol. The van der Waals surface area contributed by atoms with Crippen molar-refractivity contribution in [1.82, 2.24) is 9.97 Å². The molecule has 5 rings (SSSR count). The van der Waals surface area contributed by atoms with Crippen molar-refractivity contribution in [3.05, 3.63) is 78.1 Å². The van der Waals surface area contributed by atoms with E-state index >= 15 is 0 Å². The molecule has 2 aromatic carbocycles. The predicted octanol–water partition coefficient (Wildman–Crippen LogP) is 3.88. The number of hydrogen-bond donors (Lipinski definition) is 1. The van der Waals surface area contributed by atoms with E-state index in [1.54, 1.807) is 12.4 Å². The third-order valence-electron chi connectivity index (χ3n) is 6.01. The summed E-state index contributed by atoms with van der Waals surface area (Å²) in [5.74, 6) is -0.954. The maximum atomic E-state index is 12.9. The van der Waals surface area contributed by atoms with Gasteiger partial charge in [-0.15, -0.1) is 0 Å². The topological polar surface area (TPSA) is 81.2 Å². The molecule has 2 heterocycles. The molecule has 2 aliphatic rings. The molecule has 0 saturated heterocycles. The van der Waals surface area contributed by atoms with E-state index < -0.39 is 11.5 Å². The summed E-state index contributed by atoms with van der Waals surface area (Å²) in [7, 11) is 0. The number of carbonyl (C=O) groups excluding carboxylic acids is 2. The number of carbonyl (C=O) groups is 2. The lowest BCUT2D eigenvalue weighted by Crippen LogP contribution is -2.42. The Morgan fingerprint density at radius 3 is 2.50 bits per heavy atom. The fourth-order valence-electron chi connectivity index (χ4n) is 4.42. The summed E-state index contributed by atoms with van der Waals surface area (Å²) in [6.07, 6.45) is 4.64. The van der Waals surface area contributed by atoms with Crippen molar-refractivity contribution in [3.63, 3.8) is 0 Å². The van der Waals surface area contributed by atoms with Gasteiger partial charge in [0.05, 0.1) is 12.5 Å². The van der Waals surface area contributed by atoms with Gasteiger partial charge in [-0.2, -0.15) is 0 Å². The molecule has 0 radical (unpaired) electrons. The van der Waals surface area contributed by atoms with Crippen molar-refractivity contribution in [2.75, 3.05) is 5.32 Å². The minimum atomic E-state index is -0.704. The number of Topliss-reactive ketones (excluding diaryl/α,β-unsaturated/α-hetero) is 1. The number of nitrogens with one attached hydrogen (secondary N) is 1. The monoisotopic (exact) mass is 399 g/mol. The first kappa shape index (κ1) is 18.6. The third kappa shape index (κ3) is 3.29. The average molecular weight is 399 g/mol. The number of rotatable bonds is 3. The maximum absolute atomic E-state index is 12.9. The molecule has 1 N–H and O–H groups in total. The van der Waals surface area contributed by atoms with Gasteiger partial charge in [-0.25, -0.2) is 9.97 Å². The second kappa shape index (κ2) is 7.46. The van der Waals surface area contributed by atoms with Crippen molar-refractivity contribution in [2.45, 2.75) is 31.5 Å². The van der Waals surface area contributed by atoms with Crippen molar-refractivity contribution < 1.29 is 14.3 Å². The quantitative estimate of drug-likeness (QED) is 0.676. The van der Waals surface area contributed by atoms with E-state index in [9.17, 15) is 9.59 Å². The summed E-state index contributed by atoms with van der Waals surface area (Å²) >= 11 is 0. The first-order chi connectivity index (χ1) is 14.6. The molecule has 30 heavy (non-hydrogen) atoms. The van der Waals surface area contributed by atoms with Crippen molar-refractivity contribution in [2.24, 2.45) is 5.92 Å². The largest absolute Gasteiger partial charge is 0.365 e. The lowest BCUT2D eigenvalue weighted by Gasteiger charge is -2.35. The molecule has 150 valence electrons. The molecule has 1 saturated carbocycles. The summed E-state index contributed by atoms with van der Waals surface area (Å²) in [4.78, 5) is 34.1. The van der Waals surface area contributed by atoms with Gasteiger partial charge in [0.15, 0.2) is 0 Å². The minimum absolute atomic E-state index is 0.101. The summed E-state index contributed by atoms with van der Waals surface area (Å²) in [5, 5.41) is 2.70. The smallest absolute Gasteiger partial charge is 0.237 e. The second-order valence-corrected chi connectivity index (χ2v) is 7.83. The molecular formula is C24H21N3O3. The number of anilines is 1. The normalized spacial score (nSPS) is 22.7. The number of amides is 1. The van der Waals surface area contributed by atoms with Crippen LogP contribution in [0.4, 0.5) is 5.95 Å². The standard InChI is InChI=1S/C24H21N3O3/c28-21-12-24(20-9-5-4-8-17(20)15-30-24)11-10-19(21)22(29)27-23-25-13-18(14-26-23)16-6-2-1-3-7-16/h1-9,13-14,19H,10-12,15H2,(H,25,26,27,29)/t19-,24-/m1/s1. The van der Waals surface area contributed by atoms with Crippen LogP contribution in [0.1, 0.15) is 30.4 Å². The molecule has 2 atom stereocenters. The molecular weight excluding hydrogens is 378 g/mol. The zero-order valence-electron chi connectivity index (χ0n) is 16.4. The van der Waals surface area contributed by atoms with E-state index in [1.807, 2.05) is 54.6 Å². The van der Waals surface area contributed by atoms with Gasteiger partial charge < -0.3 is 4.74 Å². The highest BCUT2D eigenvalue weighted by Gasteiger charge is 2.48. The lowest BCUT2D eigenvalue weighted by molar-refractivity contribution is -0.144. The van der Waals surface area contributed by atoms with Crippen LogP contribution in [0.15, 0.2) is 67.0 Å². The zero-order valence-corrected chi connectivity index (χ0v) is 16.4. The van der Waals surface area contributed by atoms with E-state index in [2.05, 4.69) is 15.3 Å². The van der Waals surface area contributed by atoms with Crippen LogP contribution >= 0.6 is 0 Å². The van der Waals surface area contributed by atoms with Gasteiger partial charge in [-0.3, -0.25) is 14.9 Å². The number of benzene rings is 2. The molecule has 1 amide bonds. The highest BCUT2D eigenvalue weighted by Crippen LogP contribution is 2.47. The Balaban J connectivity index is 1.26. The van der Waals surface area contributed by atoms with Crippen LogP contribution in [0.5, 0.6) is 0 Å². The Hall–Kier alpha value is -3.38. The molecule has 1 aliphatic carbocycles. The summed E-state index contributed by atoms with van der Waals surface area (Å²) < 4.78 is 6.05. The van der Waals surface area contributed by atoms with Crippen molar-refractivity contribution >= 4 is 17.6 Å². The third-order valence-corrected chi connectivity index (χ3v) is 6.01. The lowest BCUT2D eigenvalue weighted by atomic mass is 9.74. The molecule has 0 unspecified atom stereocenters. The second-order valence-electron chi connectivity index (χ2n) is 7.83. The summed E-state index contributed by atoms with van der Waals surface area (Å²) in [6.45, 7) is 0.516. The Morgan fingerprint density at radius 2 is 1.73 bits per heavy atom. The highest BCUT2D eigenvalue weighted by atomic mass is 16.5. The van der Waals surface area contributed by atoms with Gasteiger partial charge in [0.2, 0.25) is 11.9 Å². The number of ketones is 1. The van der Waals surface area contributed by atoms with Gasteiger partial charge in [-0.1, -0.05) is 54.6 Å². The Bertz CT molecular complexity index is 1100. The van der Waals surface area contributed by atoms with Crippen LogP contribution in [0.3, 0.4) is 0 Å². The number of aromatic nitrogens is 2. The molecule has 1 aromatic heterocycles. The maximum Gasteiger partial charge on any atom is 0.237 e. The van der Waals surface area contributed by atoms with Gasteiger partial charge in [0.1, 0.15) is 11.4 Å². The van der Waals surface area contributed by atoms with Crippen LogP contribution in [0.25, 0.3) is 11.1 Å². The van der Waals surface area contributed by atoms with Crippen LogP contribution < -0.4 is 5.32 Å². The van der Waals surface area contributed by atoms with E-state index in [-0.39, 0.29) is 24.1 Å². The van der Waals surface area contributed by atoms with Gasteiger partial charge in [0, 0.05) is 24.4 Å². The molecule has 6 heteroatoms. The fraction of sp³-hybridized carbons (Fsp3) is 0.250. The molecule has 1 aliphatic heterocycles. The van der Waals surface area contributed by atoms with Crippen LogP contribution in [-0.4, -0.2) is 21.7 Å². The molecule has 1 fully saturated rings. The summed E-state index contributed by atoms with van der Waals surface area (Å²) in [5.41, 5.74) is 3.48. The van der Waals surface area contributed by atoms with Gasteiger partial charge in [0.25, 0.3) is 0 Å². The number of hydrogen-bond acceptors (Lipinski definition) is 5. The first-order valence-electron chi connectivity index (χ1n) is 10.1. The molecule has 1 spiro atoms. The van der Waals surface area contributed by atoms with E-state index in [0.717, 1.165) is 22.3 Å². The zero-order chi connectivity index (χ0) is 20.6. The van der Waals surface area contributed by atoms with Crippen LogP contribution in [-0.2, 0) is 26.5 Å². The Kier molecular flexibility index (Phi) is 4.64. The fourth-order valence-corrected chi connectivity index (χ4v) is 4.42. The van der Waals surface area contributed by atoms with Crippen LogP contribution in [0.2, 0.25) is 0 Å². The van der Waals surface area contributed by atoms with E-state index in [4.69, 9.17) is 4.74 Å². The summed E-state index contributed by atoms with van der Waals surface area (Å²) in [6, 6.07) is 17.8. The van der Waals surface area contributed by atoms with E-state index in [0.29, 0.717) is 19.4 Å². The van der Waals surface area contributed by atoms with Crippen LogP contribution in [0, 0.1) is 5.92 Å². The minimum Gasteiger partial charge on any atom is -0.365 e. The molecule has 0 bridgehead atoms. The average Bonchev–Trinajstić information content (AvgIpc) is 3.13. The SMILES string of the molecule is O=C1C[C@@]2(CC[C@H]1C(=O)Nc1ncc(-c3ccccc3)cn1)OCc1ccccc12. The Labute approximate surface area is 174 Å². The highest BCUT2D eigenvalue weighted by molar-refractivity contribution is 6.07. The van der Waals surface area contributed by atoms with E-state index in [1.165, 1.54) is 0 Å². The van der Waals surface area contributed by atoms with Crippen molar-refractivity contribution in [1.29, 1.82) is 0 Å². The number of fused-ring (bicyclic) bond motifs is 2. The van der Waals surface area contributed by atoms with Gasteiger partial charge in [-0.05, 0) is 29.5 Å². The number of nitrogens with zero attached hydrogens (tertiary/aromatic N) is 2. The van der Waals surface area contributed by atoms with Crippen molar-refractivity contribution in [3.8, 4) is 11.1 Å². The van der Waals surface area contributed by atoms with Gasteiger partial charge >= 0.3 is 0 Å². The molecule has 6 nitrogen and oxygen atoms in total. The molecule has 3 aromatic rings. The number of ether oxygens (including phenoxy) is 1.